The van der Waals surface area contributed by atoms with Gasteiger partial charge in [-0.1, -0.05) is 177 Å². The topological polar surface area (TPSA) is 172 Å². The fourth-order valence-corrected chi connectivity index (χ4v) is 5.25. The van der Waals surface area contributed by atoms with Gasteiger partial charge in [-0.3, -0.25) is 19.2 Å². The standard InChI is InChI=1S/C21H15BrN2.C14H10O2.C7H5BrO.C2H4O2.CH4O.H3N/c22-18-13-11-17(12-14-18)21-23-19(15-7-3-1-4-8-15)20(24-21)16-9-5-2-6-10-16;15-13(11-7-3-1-4-8-11)14(16)12-9-5-2-6-10-12;8-7-3-1-6(5-9)2-4-7;1-2(3)4;1-2;/h1-14H,(H,23,24);1-10H;1-5H;1H3,(H,3,4);2H,1H3;1H3. The summed E-state index contributed by atoms with van der Waals surface area (Å²) in [5.41, 5.74) is 6.88. The second-order valence-corrected chi connectivity index (χ2v) is 13.0. The number of hydrogen-bond acceptors (Lipinski definition) is 7. The first-order valence-electron chi connectivity index (χ1n) is 16.7. The zero-order valence-corrected chi connectivity index (χ0v) is 33.9. The molecule has 7 rings (SSSR count). The van der Waals surface area contributed by atoms with Crippen LogP contribution in [0.25, 0.3) is 33.9 Å². The maximum Gasteiger partial charge on any atom is 0.300 e. The van der Waals surface area contributed by atoms with Crippen LogP contribution in [0.15, 0.2) is 179 Å². The number of aliphatic hydroxyl groups is 1. The molecule has 1 heterocycles. The fraction of sp³-hybridized carbons (Fsp3) is 0.0444. The Bertz CT molecular complexity index is 2110. The highest BCUT2D eigenvalue weighted by Gasteiger charge is 2.17. The Morgan fingerprint density at radius 3 is 1.30 bits per heavy atom. The van der Waals surface area contributed by atoms with Crippen LogP contribution in [0.5, 0.6) is 0 Å². The van der Waals surface area contributed by atoms with E-state index >= 15 is 0 Å². The van der Waals surface area contributed by atoms with Crippen molar-refractivity contribution in [2.45, 2.75) is 6.92 Å². The van der Waals surface area contributed by atoms with Crippen LogP contribution >= 0.6 is 31.9 Å². The van der Waals surface area contributed by atoms with Gasteiger partial charge in [0.25, 0.3) is 5.97 Å². The van der Waals surface area contributed by atoms with Gasteiger partial charge in [-0.2, -0.15) is 0 Å². The quantitative estimate of drug-likeness (QED) is 0.0696. The molecule has 0 radical (unpaired) electrons. The summed E-state index contributed by atoms with van der Waals surface area (Å²) < 4.78 is 2.05. The smallest absolute Gasteiger partial charge is 0.300 e. The number of hydrogen-bond donors (Lipinski definition) is 4. The molecule has 0 saturated heterocycles. The SMILES string of the molecule is Brc1ccc(-c2nc(-c3ccccc3)c(-c3ccccc3)[nH]2)cc1.CC(=O)O.CO.N.O=C(C(=O)c1ccccc1)c1ccccc1.O=Cc1ccc(Br)cc1. The van der Waals surface area contributed by atoms with Gasteiger partial charge in [-0.05, 0) is 24.3 Å². The number of benzene rings is 6. The average Bonchev–Trinajstić information content (AvgIpc) is 3.69. The fourth-order valence-electron chi connectivity index (χ4n) is 4.72. The number of aldehydes is 1. The molecule has 0 bridgehead atoms. The van der Waals surface area contributed by atoms with E-state index < -0.39 is 17.5 Å². The van der Waals surface area contributed by atoms with E-state index in [-0.39, 0.29) is 6.15 Å². The first kappa shape index (κ1) is 46.0. The highest BCUT2D eigenvalue weighted by atomic mass is 79.9. The molecule has 11 heteroatoms. The van der Waals surface area contributed by atoms with Crippen molar-refractivity contribution < 1.29 is 29.4 Å². The summed E-state index contributed by atoms with van der Waals surface area (Å²) in [5, 5.41) is 14.4. The molecule has 1 aromatic heterocycles. The molecule has 7 aromatic rings. The second kappa shape index (κ2) is 25.1. The lowest BCUT2D eigenvalue weighted by molar-refractivity contribution is -0.134. The van der Waals surface area contributed by atoms with Crippen LogP contribution in [0.3, 0.4) is 0 Å². The zero-order chi connectivity index (χ0) is 40.0. The molecule has 0 aliphatic rings. The van der Waals surface area contributed by atoms with Crippen LogP contribution in [0.4, 0.5) is 0 Å². The average molecular weight is 880 g/mol. The van der Waals surface area contributed by atoms with Crippen molar-refractivity contribution in [2.24, 2.45) is 0 Å². The van der Waals surface area contributed by atoms with E-state index in [9.17, 15) is 14.4 Å². The van der Waals surface area contributed by atoms with Gasteiger partial charge in [0.05, 0.1) is 11.4 Å². The molecule has 0 spiro atoms. The Hall–Kier alpha value is -6.11. The summed E-state index contributed by atoms with van der Waals surface area (Å²) >= 11 is 6.74. The van der Waals surface area contributed by atoms with Crippen LogP contribution in [0, 0.1) is 0 Å². The summed E-state index contributed by atoms with van der Waals surface area (Å²) in [7, 11) is 1.00. The van der Waals surface area contributed by atoms with E-state index in [1.54, 1.807) is 60.7 Å². The molecule has 286 valence electrons. The highest BCUT2D eigenvalue weighted by Crippen LogP contribution is 2.33. The molecule has 9 nitrogen and oxygen atoms in total. The van der Waals surface area contributed by atoms with Gasteiger partial charge in [0, 0.05) is 56.4 Å². The molecule has 6 aromatic carbocycles. The third kappa shape index (κ3) is 15.0. The molecule has 0 amide bonds. The van der Waals surface area contributed by atoms with Crippen molar-refractivity contribution in [3.8, 4) is 33.9 Å². The van der Waals surface area contributed by atoms with E-state index in [1.807, 2.05) is 72.8 Å². The Balaban J connectivity index is 0.000000292. The Morgan fingerprint density at radius 1 is 0.554 bits per heavy atom. The predicted octanol–water partition coefficient (Wildman–Crippen LogP) is 11.0. The number of carboxylic acid groups (broad SMARTS) is 1. The Morgan fingerprint density at radius 2 is 0.911 bits per heavy atom. The van der Waals surface area contributed by atoms with Gasteiger partial charge in [-0.25, -0.2) is 4.98 Å². The number of imidazole rings is 1. The molecule has 0 aliphatic carbocycles. The summed E-state index contributed by atoms with van der Waals surface area (Å²) in [4.78, 5) is 51.1. The van der Waals surface area contributed by atoms with Gasteiger partial charge in [0.2, 0.25) is 11.6 Å². The van der Waals surface area contributed by atoms with Crippen molar-refractivity contribution in [3.63, 3.8) is 0 Å². The van der Waals surface area contributed by atoms with Crippen molar-refractivity contribution in [3.05, 3.63) is 195 Å². The number of carbonyl (C=O) groups excluding carboxylic acids is 3. The minimum atomic E-state index is -0.833. The summed E-state index contributed by atoms with van der Waals surface area (Å²) in [6.07, 6.45) is 0.826. The van der Waals surface area contributed by atoms with Gasteiger partial charge in [0.15, 0.2) is 0 Å². The van der Waals surface area contributed by atoms with Crippen LogP contribution < -0.4 is 6.15 Å². The number of aliphatic carboxylic acids is 1. The number of carbonyl (C=O) groups is 4. The van der Waals surface area contributed by atoms with E-state index in [1.165, 1.54) is 0 Å². The number of halogens is 2. The first-order valence-corrected chi connectivity index (χ1v) is 18.3. The predicted molar refractivity (Wildman–Crippen MR) is 230 cm³/mol. The molecular weight excluding hydrogens is 838 g/mol. The molecule has 56 heavy (non-hydrogen) atoms. The molecule has 0 aliphatic heterocycles. The number of nitrogens with one attached hydrogen (secondary N) is 1. The number of rotatable bonds is 7. The number of ketones is 2. The lowest BCUT2D eigenvalue weighted by Crippen LogP contribution is -2.14. The van der Waals surface area contributed by atoms with Crippen LogP contribution in [0.1, 0.15) is 38.0 Å². The van der Waals surface area contributed by atoms with Crippen molar-refractivity contribution >= 4 is 55.7 Å². The van der Waals surface area contributed by atoms with Crippen LogP contribution in [-0.4, -0.2) is 51.1 Å². The van der Waals surface area contributed by atoms with Crippen molar-refractivity contribution in [1.82, 2.24) is 16.1 Å². The van der Waals surface area contributed by atoms with Crippen LogP contribution in [0.2, 0.25) is 0 Å². The first-order chi connectivity index (χ1) is 26.7. The van der Waals surface area contributed by atoms with E-state index in [4.69, 9.17) is 20.0 Å². The third-order valence-corrected chi connectivity index (χ3v) is 8.27. The maximum atomic E-state index is 11.8. The summed E-state index contributed by atoms with van der Waals surface area (Å²) in [5.74, 6) is -0.890. The minimum absolute atomic E-state index is 0. The molecule has 0 atom stereocenters. The normalized spacial score (nSPS) is 9.38. The number of carboxylic acids is 1. The Kier molecular flexibility index (Phi) is 20.6. The minimum Gasteiger partial charge on any atom is -0.481 e. The monoisotopic (exact) mass is 877 g/mol. The second-order valence-electron chi connectivity index (χ2n) is 11.1. The van der Waals surface area contributed by atoms with Gasteiger partial charge >= 0.3 is 0 Å². The lowest BCUT2D eigenvalue weighted by atomic mass is 10.0. The Labute approximate surface area is 343 Å². The van der Waals surface area contributed by atoms with Gasteiger partial charge < -0.3 is 21.3 Å². The molecular formula is C45H41Br2N3O6. The molecule has 0 saturated carbocycles. The van der Waals surface area contributed by atoms with E-state index in [2.05, 4.69) is 73.2 Å². The molecule has 0 fully saturated rings. The highest BCUT2D eigenvalue weighted by molar-refractivity contribution is 9.10. The zero-order valence-electron chi connectivity index (χ0n) is 30.7. The summed E-state index contributed by atoms with van der Waals surface area (Å²) in [6.45, 7) is 1.08. The van der Waals surface area contributed by atoms with E-state index in [0.29, 0.717) is 16.7 Å². The summed E-state index contributed by atoms with van der Waals surface area (Å²) in [6, 6.07) is 53.1. The number of nitrogens with zero attached hydrogens (tertiary/aromatic N) is 1. The van der Waals surface area contributed by atoms with E-state index in [0.717, 1.165) is 63.2 Å². The van der Waals surface area contributed by atoms with Gasteiger partial charge in [0.1, 0.15) is 12.1 Å². The van der Waals surface area contributed by atoms with Gasteiger partial charge in [-0.15, -0.1) is 0 Å². The van der Waals surface area contributed by atoms with Crippen molar-refractivity contribution in [1.29, 1.82) is 0 Å². The third-order valence-electron chi connectivity index (χ3n) is 7.22. The number of H-pyrrole nitrogens is 1. The lowest BCUT2D eigenvalue weighted by Gasteiger charge is -2.02. The molecule has 6 N–H and O–H groups in total. The number of aromatic amines is 1. The number of aliphatic hydroxyl groups excluding tert-OH is 1. The van der Waals surface area contributed by atoms with Crippen molar-refractivity contribution in [2.75, 3.05) is 7.11 Å². The number of aromatic nitrogens is 2. The molecule has 0 unspecified atom stereocenters. The largest absolute Gasteiger partial charge is 0.481 e. The maximum absolute atomic E-state index is 11.8. The number of Topliss-reactive ketones (excluding diaryl/α,β-unsaturated/α-hetero) is 2. The van der Waals surface area contributed by atoms with Crippen LogP contribution in [-0.2, 0) is 4.79 Å².